The number of allylic oxidation sites excluding steroid dienone is 1. The molecule has 3 aromatic rings. The highest BCUT2D eigenvalue weighted by molar-refractivity contribution is 6.30. The number of fused-ring (bicyclic) bond motifs is 3. The average Bonchev–Trinajstić information content (AvgIpc) is 2.92. The summed E-state index contributed by atoms with van der Waals surface area (Å²) in [5.74, 6) is 0.104. The van der Waals surface area contributed by atoms with E-state index in [4.69, 9.17) is 11.6 Å². The van der Waals surface area contributed by atoms with Crippen molar-refractivity contribution in [1.29, 1.82) is 0 Å². The Labute approximate surface area is 133 Å². The Balaban J connectivity index is 1.77. The molecule has 0 saturated heterocycles. The van der Waals surface area contributed by atoms with E-state index < -0.39 is 0 Å². The number of carbonyl (C=O) groups excluding carboxylic acids is 1. The van der Waals surface area contributed by atoms with Gasteiger partial charge in [-0.1, -0.05) is 41.9 Å². The molecule has 4 rings (SSSR count). The van der Waals surface area contributed by atoms with Crippen molar-refractivity contribution in [3.63, 3.8) is 0 Å². The fraction of sp³-hybridized carbons (Fsp3) is 0.105. The molecule has 0 aliphatic heterocycles. The summed E-state index contributed by atoms with van der Waals surface area (Å²) in [6.07, 6.45) is 3.63. The maximum absolute atomic E-state index is 12.7. The molecule has 1 aromatic heterocycles. The Bertz CT molecular complexity index is 903. The van der Waals surface area contributed by atoms with Crippen LogP contribution in [-0.4, -0.2) is 10.8 Å². The van der Waals surface area contributed by atoms with Crippen molar-refractivity contribution in [2.75, 3.05) is 0 Å². The third-order valence-electron chi connectivity index (χ3n) is 4.19. The van der Waals surface area contributed by atoms with Crippen LogP contribution in [0, 0.1) is 0 Å². The lowest BCUT2D eigenvalue weighted by molar-refractivity contribution is 0.102. The summed E-state index contributed by atoms with van der Waals surface area (Å²) in [6.45, 7) is 0. The lowest BCUT2D eigenvalue weighted by atomic mass is 9.89. The maximum Gasteiger partial charge on any atom is 0.205 e. The smallest absolute Gasteiger partial charge is 0.205 e. The number of carbonyl (C=O) groups is 1. The van der Waals surface area contributed by atoms with Gasteiger partial charge < -0.3 is 4.98 Å². The number of aryl methyl sites for hydroxylation is 1. The fourth-order valence-corrected chi connectivity index (χ4v) is 3.21. The summed E-state index contributed by atoms with van der Waals surface area (Å²) in [4.78, 5) is 16.0. The minimum atomic E-state index is 0.104. The van der Waals surface area contributed by atoms with Crippen LogP contribution < -0.4 is 0 Å². The van der Waals surface area contributed by atoms with Gasteiger partial charge in [-0.25, -0.2) is 0 Å². The Morgan fingerprint density at radius 1 is 1.00 bits per heavy atom. The third-order valence-corrected chi connectivity index (χ3v) is 4.44. The first-order chi connectivity index (χ1) is 10.7. The molecule has 0 unspecified atom stereocenters. The number of halogens is 1. The van der Waals surface area contributed by atoms with Gasteiger partial charge in [-0.2, -0.15) is 0 Å². The predicted molar refractivity (Wildman–Crippen MR) is 90.4 cm³/mol. The van der Waals surface area contributed by atoms with E-state index in [9.17, 15) is 4.79 Å². The average molecular weight is 308 g/mol. The molecule has 3 heteroatoms. The first-order valence-corrected chi connectivity index (χ1v) is 7.70. The van der Waals surface area contributed by atoms with Gasteiger partial charge in [0.1, 0.15) is 0 Å². The number of aromatic nitrogens is 1. The molecule has 0 amide bonds. The number of aromatic amines is 1. The molecule has 0 atom stereocenters. The third kappa shape index (κ3) is 2.16. The topological polar surface area (TPSA) is 32.9 Å². The Morgan fingerprint density at radius 2 is 1.77 bits per heavy atom. The summed E-state index contributed by atoms with van der Waals surface area (Å²) < 4.78 is 0. The van der Waals surface area contributed by atoms with Crippen molar-refractivity contribution in [2.45, 2.75) is 12.8 Å². The number of Topliss-reactive ketones (excluding diaryl/α,β-unsaturated/α-hetero) is 1. The number of ketones is 1. The maximum atomic E-state index is 12.7. The van der Waals surface area contributed by atoms with Crippen molar-refractivity contribution in [3.05, 3.63) is 75.9 Å². The quantitative estimate of drug-likeness (QED) is 0.628. The Hall–Kier alpha value is -2.32. The molecule has 0 fully saturated rings. The summed E-state index contributed by atoms with van der Waals surface area (Å²) in [6, 6.07) is 15.6. The number of hydrogen-bond donors (Lipinski definition) is 1. The zero-order valence-electron chi connectivity index (χ0n) is 11.9. The van der Waals surface area contributed by atoms with Gasteiger partial charge >= 0.3 is 0 Å². The Kier molecular flexibility index (Phi) is 3.12. The highest BCUT2D eigenvalue weighted by Crippen LogP contribution is 2.32. The molecule has 0 radical (unpaired) electrons. The predicted octanol–water partition coefficient (Wildman–Crippen LogP) is 5.03. The molecule has 1 heterocycles. The van der Waals surface area contributed by atoms with E-state index in [-0.39, 0.29) is 5.78 Å². The van der Waals surface area contributed by atoms with Crippen molar-refractivity contribution in [2.24, 2.45) is 0 Å². The SMILES string of the molecule is O=C1C(=Cc2ccc(Cl)cc2)CCc2c1[nH]c1ccccc21. The van der Waals surface area contributed by atoms with E-state index in [1.165, 1.54) is 0 Å². The number of nitrogens with one attached hydrogen (secondary N) is 1. The first kappa shape index (κ1) is 13.4. The van der Waals surface area contributed by atoms with Crippen LogP contribution in [-0.2, 0) is 6.42 Å². The number of para-hydroxylation sites is 1. The van der Waals surface area contributed by atoms with E-state index >= 15 is 0 Å². The van der Waals surface area contributed by atoms with Gasteiger partial charge in [-0.15, -0.1) is 0 Å². The monoisotopic (exact) mass is 307 g/mol. The highest BCUT2D eigenvalue weighted by Gasteiger charge is 2.25. The van der Waals surface area contributed by atoms with Crippen LogP contribution in [0.25, 0.3) is 17.0 Å². The van der Waals surface area contributed by atoms with Gasteiger partial charge in [0.15, 0.2) is 0 Å². The largest absolute Gasteiger partial charge is 0.352 e. The highest BCUT2D eigenvalue weighted by atomic mass is 35.5. The summed E-state index contributed by atoms with van der Waals surface area (Å²) >= 11 is 5.90. The number of rotatable bonds is 1. The molecule has 1 aliphatic carbocycles. The zero-order valence-corrected chi connectivity index (χ0v) is 12.7. The molecule has 0 spiro atoms. The van der Waals surface area contributed by atoms with Crippen molar-refractivity contribution in [1.82, 2.24) is 4.98 Å². The van der Waals surface area contributed by atoms with Crippen molar-refractivity contribution in [3.8, 4) is 0 Å². The van der Waals surface area contributed by atoms with E-state index in [0.717, 1.165) is 46.1 Å². The van der Waals surface area contributed by atoms with E-state index in [0.29, 0.717) is 5.02 Å². The van der Waals surface area contributed by atoms with Crippen LogP contribution in [0.5, 0.6) is 0 Å². The Morgan fingerprint density at radius 3 is 2.59 bits per heavy atom. The second-order valence-electron chi connectivity index (χ2n) is 5.57. The van der Waals surface area contributed by atoms with E-state index in [1.54, 1.807) is 0 Å². The van der Waals surface area contributed by atoms with Crippen LogP contribution >= 0.6 is 11.6 Å². The van der Waals surface area contributed by atoms with Gasteiger partial charge in [-0.3, -0.25) is 4.79 Å². The first-order valence-electron chi connectivity index (χ1n) is 7.33. The molecule has 1 aliphatic rings. The minimum absolute atomic E-state index is 0.104. The standard InChI is InChI=1S/C19H14ClNO/c20-14-8-5-12(6-9-14)11-13-7-10-16-15-3-1-2-4-17(15)21-18(16)19(13)22/h1-6,8-9,11,21H,7,10H2. The zero-order chi connectivity index (χ0) is 15.1. The normalized spacial score (nSPS) is 16.2. The van der Waals surface area contributed by atoms with Gasteiger partial charge in [0, 0.05) is 21.5 Å². The molecular formula is C19H14ClNO. The molecule has 2 nitrogen and oxygen atoms in total. The molecule has 108 valence electrons. The molecular weight excluding hydrogens is 294 g/mol. The fourth-order valence-electron chi connectivity index (χ4n) is 3.09. The van der Waals surface area contributed by atoms with E-state index in [2.05, 4.69) is 11.1 Å². The van der Waals surface area contributed by atoms with Crippen LogP contribution in [0.2, 0.25) is 5.02 Å². The summed E-state index contributed by atoms with van der Waals surface area (Å²) in [5, 5.41) is 1.87. The van der Waals surface area contributed by atoms with Gasteiger partial charge in [0.25, 0.3) is 0 Å². The second kappa shape index (κ2) is 5.15. The summed E-state index contributed by atoms with van der Waals surface area (Å²) in [7, 11) is 0. The number of benzene rings is 2. The van der Waals surface area contributed by atoms with Crippen LogP contribution in [0.1, 0.15) is 28.0 Å². The molecule has 22 heavy (non-hydrogen) atoms. The second-order valence-corrected chi connectivity index (χ2v) is 6.01. The number of hydrogen-bond acceptors (Lipinski definition) is 1. The van der Waals surface area contributed by atoms with Gasteiger partial charge in [0.2, 0.25) is 5.78 Å². The van der Waals surface area contributed by atoms with Crippen LogP contribution in [0.3, 0.4) is 0 Å². The molecule has 0 saturated carbocycles. The number of H-pyrrole nitrogens is 1. The minimum Gasteiger partial charge on any atom is -0.352 e. The molecule has 1 N–H and O–H groups in total. The van der Waals surface area contributed by atoms with Crippen LogP contribution in [0.4, 0.5) is 0 Å². The van der Waals surface area contributed by atoms with Crippen LogP contribution in [0.15, 0.2) is 54.1 Å². The summed E-state index contributed by atoms with van der Waals surface area (Å²) in [5.41, 5.74) is 4.78. The van der Waals surface area contributed by atoms with Crippen molar-refractivity contribution >= 4 is 34.4 Å². The van der Waals surface area contributed by atoms with Gasteiger partial charge in [-0.05, 0) is 48.2 Å². The molecule has 0 bridgehead atoms. The lowest BCUT2D eigenvalue weighted by Gasteiger charge is -2.14. The van der Waals surface area contributed by atoms with Gasteiger partial charge in [0.05, 0.1) is 5.69 Å². The van der Waals surface area contributed by atoms with E-state index in [1.807, 2.05) is 48.5 Å². The van der Waals surface area contributed by atoms with Crippen molar-refractivity contribution < 1.29 is 4.79 Å². The lowest BCUT2D eigenvalue weighted by Crippen LogP contribution is -2.13. The molecule has 2 aromatic carbocycles.